The van der Waals surface area contributed by atoms with E-state index in [-0.39, 0.29) is 6.04 Å². The highest BCUT2D eigenvalue weighted by Gasteiger charge is 2.28. The zero-order valence-corrected chi connectivity index (χ0v) is 10.2. The van der Waals surface area contributed by atoms with Gasteiger partial charge in [0, 0.05) is 11.4 Å². The SMILES string of the molecule is Cc1cccc2c1S(=O)(=O)C=C2CC(C)N. The molecule has 0 radical (unpaired) electrons. The topological polar surface area (TPSA) is 60.2 Å². The summed E-state index contributed by atoms with van der Waals surface area (Å²) < 4.78 is 23.9. The number of sulfone groups is 1. The number of hydrogen-bond donors (Lipinski definition) is 1. The van der Waals surface area contributed by atoms with Gasteiger partial charge in [0.1, 0.15) is 0 Å². The maximum Gasteiger partial charge on any atom is 0.200 e. The molecule has 2 rings (SSSR count). The molecule has 1 atom stereocenters. The van der Waals surface area contributed by atoms with E-state index in [0.717, 1.165) is 16.7 Å². The first-order valence-electron chi connectivity index (χ1n) is 5.23. The second-order valence-corrected chi connectivity index (χ2v) is 6.06. The van der Waals surface area contributed by atoms with Gasteiger partial charge in [-0.2, -0.15) is 0 Å². The van der Waals surface area contributed by atoms with E-state index in [1.165, 1.54) is 5.41 Å². The van der Waals surface area contributed by atoms with Gasteiger partial charge in [0.2, 0.25) is 9.84 Å². The predicted octanol–water partition coefficient (Wildman–Crippen LogP) is 1.86. The number of fused-ring (bicyclic) bond motifs is 1. The molecule has 0 spiro atoms. The Balaban J connectivity index is 2.61. The first-order valence-corrected chi connectivity index (χ1v) is 6.77. The van der Waals surface area contributed by atoms with Crippen LogP contribution < -0.4 is 5.73 Å². The Morgan fingerprint density at radius 2 is 2.06 bits per heavy atom. The lowest BCUT2D eigenvalue weighted by Crippen LogP contribution is -2.14. The monoisotopic (exact) mass is 237 g/mol. The minimum absolute atomic E-state index is 0.0343. The molecule has 0 bridgehead atoms. The van der Waals surface area contributed by atoms with Crippen molar-refractivity contribution < 1.29 is 8.42 Å². The van der Waals surface area contributed by atoms with Gasteiger partial charge in [0.25, 0.3) is 0 Å². The molecule has 1 unspecified atom stereocenters. The molecule has 0 aromatic heterocycles. The van der Waals surface area contributed by atoms with Crippen molar-refractivity contribution in [3.63, 3.8) is 0 Å². The highest BCUT2D eigenvalue weighted by atomic mass is 32.2. The molecule has 0 saturated carbocycles. The Bertz CT molecular complexity index is 556. The van der Waals surface area contributed by atoms with Gasteiger partial charge >= 0.3 is 0 Å². The van der Waals surface area contributed by atoms with Crippen LogP contribution in [-0.2, 0) is 9.84 Å². The predicted molar refractivity (Wildman–Crippen MR) is 64.6 cm³/mol. The van der Waals surface area contributed by atoms with Crippen LogP contribution in [-0.4, -0.2) is 14.5 Å². The van der Waals surface area contributed by atoms with E-state index in [1.54, 1.807) is 0 Å². The summed E-state index contributed by atoms with van der Waals surface area (Å²) in [5.41, 5.74) is 8.16. The van der Waals surface area contributed by atoms with Crippen molar-refractivity contribution in [2.75, 3.05) is 0 Å². The van der Waals surface area contributed by atoms with Crippen molar-refractivity contribution >= 4 is 15.4 Å². The molecule has 1 aromatic carbocycles. The van der Waals surface area contributed by atoms with Crippen LogP contribution in [0.2, 0.25) is 0 Å². The Labute approximate surface area is 95.9 Å². The van der Waals surface area contributed by atoms with Gasteiger partial charge in [0.05, 0.1) is 4.90 Å². The molecule has 1 aliphatic rings. The molecule has 0 aliphatic carbocycles. The van der Waals surface area contributed by atoms with Crippen molar-refractivity contribution in [1.82, 2.24) is 0 Å². The summed E-state index contributed by atoms with van der Waals surface area (Å²) in [7, 11) is -3.25. The number of benzene rings is 1. The number of rotatable bonds is 2. The molecule has 0 fully saturated rings. The van der Waals surface area contributed by atoms with E-state index in [9.17, 15) is 8.42 Å². The minimum Gasteiger partial charge on any atom is -0.328 e. The maximum atomic E-state index is 11.9. The standard InChI is InChI=1S/C12H15NO2S/c1-8-4-3-5-11-10(6-9(2)13)7-16(14,15)12(8)11/h3-5,7,9H,6,13H2,1-2H3. The zero-order chi connectivity index (χ0) is 11.9. The van der Waals surface area contributed by atoms with E-state index in [4.69, 9.17) is 5.73 Å². The normalized spacial score (nSPS) is 19.1. The van der Waals surface area contributed by atoms with Crippen LogP contribution in [0, 0.1) is 6.92 Å². The molecule has 0 amide bonds. The molecule has 16 heavy (non-hydrogen) atoms. The Kier molecular flexibility index (Phi) is 2.64. The smallest absolute Gasteiger partial charge is 0.200 e. The van der Waals surface area contributed by atoms with Crippen molar-refractivity contribution in [2.45, 2.75) is 31.2 Å². The van der Waals surface area contributed by atoms with E-state index in [2.05, 4.69) is 0 Å². The van der Waals surface area contributed by atoms with Crippen LogP contribution >= 0.6 is 0 Å². The lowest BCUT2D eigenvalue weighted by Gasteiger charge is -2.08. The van der Waals surface area contributed by atoms with Gasteiger partial charge < -0.3 is 5.73 Å². The highest BCUT2D eigenvalue weighted by molar-refractivity contribution is 7.95. The molecule has 86 valence electrons. The van der Waals surface area contributed by atoms with Crippen LogP contribution in [0.1, 0.15) is 24.5 Å². The third kappa shape index (κ3) is 1.79. The fourth-order valence-corrected chi connectivity index (χ4v) is 3.84. The van der Waals surface area contributed by atoms with E-state index in [1.807, 2.05) is 32.0 Å². The summed E-state index contributed by atoms with van der Waals surface area (Å²) in [5, 5.41) is 1.36. The van der Waals surface area contributed by atoms with E-state index < -0.39 is 9.84 Å². The summed E-state index contributed by atoms with van der Waals surface area (Å²) in [4.78, 5) is 0.450. The summed E-state index contributed by atoms with van der Waals surface area (Å²) in [6.45, 7) is 3.69. The Morgan fingerprint density at radius 3 is 2.69 bits per heavy atom. The van der Waals surface area contributed by atoms with Crippen molar-refractivity contribution in [2.24, 2.45) is 5.73 Å². The van der Waals surface area contributed by atoms with Crippen LogP contribution in [0.5, 0.6) is 0 Å². The fraction of sp³-hybridized carbons (Fsp3) is 0.333. The van der Waals surface area contributed by atoms with Gasteiger partial charge in [0.15, 0.2) is 0 Å². The second kappa shape index (κ2) is 3.71. The average Bonchev–Trinajstić information content (AvgIpc) is 2.38. The average molecular weight is 237 g/mol. The summed E-state index contributed by atoms with van der Waals surface area (Å²) in [5.74, 6) is 0. The van der Waals surface area contributed by atoms with Crippen LogP contribution in [0.3, 0.4) is 0 Å². The first kappa shape index (κ1) is 11.4. The molecule has 4 heteroatoms. The number of aryl methyl sites for hydroxylation is 1. The van der Waals surface area contributed by atoms with Crippen LogP contribution in [0.25, 0.3) is 5.57 Å². The third-order valence-electron chi connectivity index (χ3n) is 2.68. The molecule has 2 N–H and O–H groups in total. The first-order chi connectivity index (χ1) is 7.42. The molecule has 1 heterocycles. The van der Waals surface area contributed by atoms with Crippen molar-refractivity contribution in [3.05, 3.63) is 34.7 Å². The molecule has 0 saturated heterocycles. The number of hydrogen-bond acceptors (Lipinski definition) is 3. The Hall–Kier alpha value is -1.13. The summed E-state index contributed by atoms with van der Waals surface area (Å²) >= 11 is 0. The van der Waals surface area contributed by atoms with E-state index >= 15 is 0 Å². The fourth-order valence-electron chi connectivity index (χ4n) is 2.10. The van der Waals surface area contributed by atoms with Crippen molar-refractivity contribution in [3.8, 4) is 0 Å². The Morgan fingerprint density at radius 1 is 1.38 bits per heavy atom. The number of nitrogens with two attached hydrogens (primary N) is 1. The van der Waals surface area contributed by atoms with Gasteiger partial charge in [-0.25, -0.2) is 8.42 Å². The maximum absolute atomic E-state index is 11.9. The van der Waals surface area contributed by atoms with Crippen LogP contribution in [0.4, 0.5) is 0 Å². The lowest BCUT2D eigenvalue weighted by atomic mass is 10.00. The quantitative estimate of drug-likeness (QED) is 0.854. The van der Waals surface area contributed by atoms with E-state index in [0.29, 0.717) is 11.3 Å². The molecule has 3 nitrogen and oxygen atoms in total. The summed E-state index contributed by atoms with van der Waals surface area (Å²) in [6, 6.07) is 5.51. The lowest BCUT2D eigenvalue weighted by molar-refractivity contribution is 0.605. The van der Waals surface area contributed by atoms with Gasteiger partial charge in [-0.05, 0) is 37.0 Å². The zero-order valence-electron chi connectivity index (χ0n) is 9.40. The van der Waals surface area contributed by atoms with Crippen molar-refractivity contribution in [1.29, 1.82) is 0 Å². The highest BCUT2D eigenvalue weighted by Crippen LogP contribution is 2.37. The molecule has 1 aromatic rings. The van der Waals surface area contributed by atoms with Gasteiger partial charge in [-0.3, -0.25) is 0 Å². The third-order valence-corrected chi connectivity index (χ3v) is 4.39. The van der Waals surface area contributed by atoms with Gasteiger partial charge in [-0.1, -0.05) is 18.2 Å². The molecular formula is C12H15NO2S. The van der Waals surface area contributed by atoms with Crippen LogP contribution in [0.15, 0.2) is 28.5 Å². The second-order valence-electron chi connectivity index (χ2n) is 4.32. The largest absolute Gasteiger partial charge is 0.328 e. The molecular weight excluding hydrogens is 222 g/mol. The minimum atomic E-state index is -3.25. The summed E-state index contributed by atoms with van der Waals surface area (Å²) in [6.07, 6.45) is 0.593. The van der Waals surface area contributed by atoms with Gasteiger partial charge in [-0.15, -0.1) is 0 Å². The molecule has 1 aliphatic heterocycles.